The van der Waals surface area contributed by atoms with Crippen LogP contribution in [0, 0.1) is 6.92 Å². The zero-order chi connectivity index (χ0) is 22.1. The summed E-state index contributed by atoms with van der Waals surface area (Å²) >= 11 is 0. The lowest BCUT2D eigenvalue weighted by molar-refractivity contribution is -0.275. The van der Waals surface area contributed by atoms with Crippen molar-refractivity contribution < 1.29 is 26.3 Å². The highest BCUT2D eigenvalue weighted by Crippen LogP contribution is 2.32. The number of anilines is 1. The Morgan fingerprint density at radius 3 is 2.30 bits per heavy atom. The summed E-state index contributed by atoms with van der Waals surface area (Å²) in [7, 11) is -4.15. The van der Waals surface area contributed by atoms with Crippen LogP contribution in [0.1, 0.15) is 31.3 Å². The Kier molecular flexibility index (Phi) is 6.23. The summed E-state index contributed by atoms with van der Waals surface area (Å²) in [6, 6.07) is 6.60. The van der Waals surface area contributed by atoms with E-state index in [1.54, 1.807) is 0 Å². The van der Waals surface area contributed by atoms with Gasteiger partial charge in [0.1, 0.15) is 22.3 Å². The average molecular weight is 444 g/mol. The van der Waals surface area contributed by atoms with Crippen molar-refractivity contribution in [2.24, 2.45) is 0 Å². The fourth-order valence-electron chi connectivity index (χ4n) is 3.16. The minimum absolute atomic E-state index is 0.114. The molecule has 1 saturated heterocycles. The highest BCUT2D eigenvalue weighted by atomic mass is 32.2. The maximum Gasteiger partial charge on any atom is 0.573 e. The molecule has 0 aliphatic carbocycles. The number of halogens is 3. The summed E-state index contributed by atoms with van der Waals surface area (Å²) < 4.78 is 69.0. The summed E-state index contributed by atoms with van der Waals surface area (Å²) in [5.74, 6) is 0.832. The summed E-state index contributed by atoms with van der Waals surface area (Å²) in [6.07, 6.45) is -4.98. The fourth-order valence-corrected chi connectivity index (χ4v) is 4.70. The lowest BCUT2D eigenvalue weighted by atomic mass is 10.2. The molecular weight excluding hydrogens is 421 g/mol. The van der Waals surface area contributed by atoms with Crippen molar-refractivity contribution in [1.82, 2.24) is 14.3 Å². The molecule has 11 heteroatoms. The van der Waals surface area contributed by atoms with E-state index in [0.29, 0.717) is 24.7 Å². The first kappa shape index (κ1) is 22.3. The van der Waals surface area contributed by atoms with E-state index >= 15 is 0 Å². The molecule has 0 spiro atoms. The Bertz CT molecular complexity index is 1000. The van der Waals surface area contributed by atoms with Gasteiger partial charge in [-0.3, -0.25) is 0 Å². The number of nitrogens with zero attached hydrogens (tertiary/aromatic N) is 4. The van der Waals surface area contributed by atoms with Crippen LogP contribution in [0.2, 0.25) is 0 Å². The molecule has 1 aliphatic heterocycles. The van der Waals surface area contributed by atoms with E-state index in [-0.39, 0.29) is 19.0 Å². The first-order valence-corrected chi connectivity index (χ1v) is 10.9. The van der Waals surface area contributed by atoms with Gasteiger partial charge in [0.2, 0.25) is 10.0 Å². The standard InChI is InChI=1S/C19H23F3N4O3S/c1-13(2)18-23-14(3)12-17(24-18)25-8-10-26(11-9-25)30(27,28)16-7-5-4-6-15(16)29-19(20,21)22/h4-7,12-13H,8-11H2,1-3H3. The molecule has 30 heavy (non-hydrogen) atoms. The fraction of sp³-hybridized carbons (Fsp3) is 0.474. The Labute approximate surface area is 173 Å². The first-order chi connectivity index (χ1) is 14.0. The number of ether oxygens (including phenoxy) is 1. The molecule has 1 aromatic carbocycles. The maximum absolute atomic E-state index is 13.0. The second-order valence-electron chi connectivity index (χ2n) is 7.27. The number of hydrogen-bond acceptors (Lipinski definition) is 6. The van der Waals surface area contributed by atoms with Gasteiger partial charge >= 0.3 is 6.36 Å². The molecular formula is C19H23F3N4O3S. The molecule has 0 N–H and O–H groups in total. The van der Waals surface area contributed by atoms with E-state index in [1.165, 1.54) is 16.4 Å². The van der Waals surface area contributed by atoms with Crippen molar-refractivity contribution in [3.8, 4) is 5.75 Å². The van der Waals surface area contributed by atoms with Crippen molar-refractivity contribution >= 4 is 15.8 Å². The lowest BCUT2D eigenvalue weighted by Crippen LogP contribution is -2.49. The van der Waals surface area contributed by atoms with Crippen LogP contribution in [-0.2, 0) is 10.0 Å². The molecule has 0 bridgehead atoms. The van der Waals surface area contributed by atoms with Gasteiger partial charge in [0.05, 0.1) is 0 Å². The number of hydrogen-bond donors (Lipinski definition) is 0. The molecule has 2 heterocycles. The Morgan fingerprint density at radius 2 is 1.70 bits per heavy atom. The van der Waals surface area contributed by atoms with Crippen LogP contribution >= 0.6 is 0 Å². The number of piperazine rings is 1. The molecule has 2 aromatic rings. The number of para-hydroxylation sites is 1. The minimum atomic E-state index is -4.98. The molecule has 0 atom stereocenters. The highest BCUT2D eigenvalue weighted by Gasteiger charge is 2.36. The average Bonchev–Trinajstić information content (AvgIpc) is 2.66. The predicted molar refractivity (Wildman–Crippen MR) is 105 cm³/mol. The third-order valence-corrected chi connectivity index (χ3v) is 6.57. The van der Waals surface area contributed by atoms with Crippen LogP contribution in [0.4, 0.5) is 19.0 Å². The van der Waals surface area contributed by atoms with E-state index in [1.807, 2.05) is 31.7 Å². The van der Waals surface area contributed by atoms with Gasteiger partial charge in [-0.15, -0.1) is 13.2 Å². The van der Waals surface area contributed by atoms with Gasteiger partial charge in [-0.25, -0.2) is 18.4 Å². The van der Waals surface area contributed by atoms with E-state index in [9.17, 15) is 21.6 Å². The zero-order valence-corrected chi connectivity index (χ0v) is 17.7. The summed E-state index contributed by atoms with van der Waals surface area (Å²) in [6.45, 7) is 6.79. The molecule has 1 fully saturated rings. The van der Waals surface area contributed by atoms with Crippen molar-refractivity contribution in [2.75, 3.05) is 31.1 Å². The Morgan fingerprint density at radius 1 is 1.07 bits per heavy atom. The number of rotatable bonds is 5. The van der Waals surface area contributed by atoms with Gasteiger partial charge in [0.25, 0.3) is 0 Å². The van der Waals surface area contributed by atoms with Crippen LogP contribution in [0.25, 0.3) is 0 Å². The van der Waals surface area contributed by atoms with Gasteiger partial charge in [0, 0.05) is 43.9 Å². The van der Waals surface area contributed by atoms with E-state index < -0.39 is 27.0 Å². The molecule has 0 radical (unpaired) electrons. The monoisotopic (exact) mass is 444 g/mol. The predicted octanol–water partition coefficient (Wildman–Crippen LogP) is 3.32. The molecule has 1 aromatic heterocycles. The SMILES string of the molecule is Cc1cc(N2CCN(S(=O)(=O)c3ccccc3OC(F)(F)F)CC2)nc(C(C)C)n1. The van der Waals surface area contributed by atoms with E-state index in [4.69, 9.17) is 0 Å². The zero-order valence-electron chi connectivity index (χ0n) is 16.8. The number of sulfonamides is 1. The van der Waals surface area contributed by atoms with Crippen LogP contribution in [-0.4, -0.2) is 55.2 Å². The van der Waals surface area contributed by atoms with Crippen LogP contribution < -0.4 is 9.64 Å². The molecule has 0 unspecified atom stereocenters. The third-order valence-electron chi connectivity index (χ3n) is 4.63. The van der Waals surface area contributed by atoms with Gasteiger partial charge < -0.3 is 9.64 Å². The Balaban J connectivity index is 1.78. The minimum Gasteiger partial charge on any atom is -0.404 e. The van der Waals surface area contributed by atoms with Crippen LogP contribution in [0.3, 0.4) is 0 Å². The van der Waals surface area contributed by atoms with Gasteiger partial charge in [-0.05, 0) is 19.1 Å². The highest BCUT2D eigenvalue weighted by molar-refractivity contribution is 7.89. The second kappa shape index (κ2) is 8.38. The summed E-state index contributed by atoms with van der Waals surface area (Å²) in [5, 5.41) is 0. The van der Waals surface area contributed by atoms with Crippen LogP contribution in [0.15, 0.2) is 35.2 Å². The van der Waals surface area contributed by atoms with E-state index in [0.717, 1.165) is 17.8 Å². The van der Waals surface area contributed by atoms with Crippen molar-refractivity contribution in [3.63, 3.8) is 0 Å². The number of alkyl halides is 3. The molecule has 7 nitrogen and oxygen atoms in total. The molecule has 0 amide bonds. The van der Waals surface area contributed by atoms with Gasteiger partial charge in [0.15, 0.2) is 0 Å². The van der Waals surface area contributed by atoms with Crippen molar-refractivity contribution in [1.29, 1.82) is 0 Å². The quantitative estimate of drug-likeness (QED) is 0.704. The smallest absolute Gasteiger partial charge is 0.404 e. The number of benzene rings is 1. The van der Waals surface area contributed by atoms with Crippen molar-refractivity contribution in [3.05, 3.63) is 41.9 Å². The Hall–Kier alpha value is -2.40. The first-order valence-electron chi connectivity index (χ1n) is 9.43. The lowest BCUT2D eigenvalue weighted by Gasteiger charge is -2.35. The molecule has 164 valence electrons. The number of aromatic nitrogens is 2. The largest absolute Gasteiger partial charge is 0.573 e. The molecule has 0 saturated carbocycles. The number of aryl methyl sites for hydroxylation is 1. The second-order valence-corrected chi connectivity index (χ2v) is 9.17. The van der Waals surface area contributed by atoms with Gasteiger partial charge in [-0.1, -0.05) is 26.0 Å². The topological polar surface area (TPSA) is 75.6 Å². The normalized spacial score (nSPS) is 16.2. The molecule has 1 aliphatic rings. The summed E-state index contributed by atoms with van der Waals surface area (Å²) in [5.41, 5.74) is 0.817. The maximum atomic E-state index is 13.0. The van der Waals surface area contributed by atoms with Crippen molar-refractivity contribution in [2.45, 2.75) is 37.9 Å². The molecule has 3 rings (SSSR count). The third kappa shape index (κ3) is 5.01. The van der Waals surface area contributed by atoms with E-state index in [2.05, 4.69) is 14.7 Å². The summed E-state index contributed by atoms with van der Waals surface area (Å²) in [4.78, 5) is 10.4. The van der Waals surface area contributed by atoms with Crippen LogP contribution in [0.5, 0.6) is 5.75 Å². The van der Waals surface area contributed by atoms with Gasteiger partial charge in [-0.2, -0.15) is 4.31 Å².